The molecule has 0 saturated carbocycles. The monoisotopic (exact) mass is 401 g/mol. The Labute approximate surface area is 172 Å². The zero-order valence-corrected chi connectivity index (χ0v) is 16.6. The molecule has 0 aliphatic carbocycles. The van der Waals surface area contributed by atoms with Crippen molar-refractivity contribution < 1.29 is 4.79 Å². The first kappa shape index (κ1) is 19.0. The molecule has 0 spiro atoms. The predicted octanol–water partition coefficient (Wildman–Crippen LogP) is 4.71. The average Bonchev–Trinajstić information content (AvgIpc) is 2.74. The van der Waals surface area contributed by atoms with E-state index in [1.54, 1.807) is 6.92 Å². The second-order valence-electron chi connectivity index (χ2n) is 6.58. The van der Waals surface area contributed by atoms with E-state index in [4.69, 9.17) is 0 Å². The number of nitrogens with one attached hydrogen (secondary N) is 2. The number of nitrogens with zero attached hydrogens (tertiary/aromatic N) is 1. The summed E-state index contributed by atoms with van der Waals surface area (Å²) < 4.78 is 0. The molecule has 6 heteroatoms. The second-order valence-corrected chi connectivity index (χ2v) is 7.91. The lowest BCUT2D eigenvalue weighted by Gasteiger charge is -2.13. The quantitative estimate of drug-likeness (QED) is 0.375. The number of hydrogen-bond acceptors (Lipinski definition) is 4. The van der Waals surface area contributed by atoms with E-state index in [2.05, 4.69) is 15.3 Å². The van der Waals surface area contributed by atoms with E-state index < -0.39 is 5.25 Å². The third-order valence-electron chi connectivity index (χ3n) is 4.49. The second kappa shape index (κ2) is 8.32. The standard InChI is InChI=1S/C23H19N3O2S/c1-15(22(28)24-19-13-7-11-16-8-5-6-12-18(16)19)29-23-25-20(14-21(27)26-23)17-9-3-2-4-10-17/h2-15H,1H3,(H,24,28)(H,25,26,27)/t15-/m1/s1. The number of fused-ring (bicyclic) bond motifs is 1. The minimum Gasteiger partial charge on any atom is -0.325 e. The molecule has 2 N–H and O–H groups in total. The average molecular weight is 401 g/mol. The number of aromatic amines is 1. The molecule has 1 atom stereocenters. The van der Waals surface area contributed by atoms with Gasteiger partial charge in [0.1, 0.15) is 0 Å². The number of benzene rings is 3. The Balaban J connectivity index is 1.53. The Morgan fingerprint density at radius 3 is 2.55 bits per heavy atom. The molecule has 0 saturated heterocycles. The molecule has 0 fully saturated rings. The van der Waals surface area contributed by atoms with Gasteiger partial charge in [-0.25, -0.2) is 4.98 Å². The van der Waals surface area contributed by atoms with Gasteiger partial charge in [0.05, 0.1) is 10.9 Å². The summed E-state index contributed by atoms with van der Waals surface area (Å²) in [5.74, 6) is -0.154. The van der Waals surface area contributed by atoms with Crippen LogP contribution in [0.3, 0.4) is 0 Å². The molecule has 1 aromatic heterocycles. The normalized spacial score (nSPS) is 11.9. The maximum Gasteiger partial charge on any atom is 0.252 e. The predicted molar refractivity (Wildman–Crippen MR) is 118 cm³/mol. The van der Waals surface area contributed by atoms with E-state index in [-0.39, 0.29) is 11.5 Å². The molecule has 0 aliphatic rings. The zero-order chi connectivity index (χ0) is 20.2. The number of amides is 1. The fraction of sp³-hybridized carbons (Fsp3) is 0.0870. The fourth-order valence-electron chi connectivity index (χ4n) is 3.04. The summed E-state index contributed by atoms with van der Waals surface area (Å²) in [6, 6.07) is 24.6. The fourth-order valence-corrected chi connectivity index (χ4v) is 3.85. The number of anilines is 1. The summed E-state index contributed by atoms with van der Waals surface area (Å²) >= 11 is 1.22. The summed E-state index contributed by atoms with van der Waals surface area (Å²) in [5, 5.41) is 5.01. The van der Waals surface area contributed by atoms with Gasteiger partial charge >= 0.3 is 0 Å². The molecule has 0 unspecified atom stereocenters. The molecule has 4 rings (SSSR count). The number of thioether (sulfide) groups is 1. The number of carbonyl (C=O) groups excluding carboxylic acids is 1. The van der Waals surface area contributed by atoms with E-state index >= 15 is 0 Å². The van der Waals surface area contributed by atoms with E-state index in [9.17, 15) is 9.59 Å². The highest BCUT2D eigenvalue weighted by molar-refractivity contribution is 8.00. The van der Waals surface area contributed by atoms with Crippen molar-refractivity contribution in [2.45, 2.75) is 17.3 Å². The van der Waals surface area contributed by atoms with Crippen molar-refractivity contribution in [3.8, 4) is 11.3 Å². The number of carbonyl (C=O) groups is 1. The molecule has 29 heavy (non-hydrogen) atoms. The molecule has 1 amide bonds. The molecule has 1 heterocycles. The SMILES string of the molecule is C[C@@H](Sc1nc(-c2ccccc2)cc(=O)[nH]1)C(=O)Nc1cccc2ccccc12. The maximum atomic E-state index is 12.7. The van der Waals surface area contributed by atoms with Crippen LogP contribution in [0.2, 0.25) is 0 Å². The Morgan fingerprint density at radius 2 is 1.72 bits per heavy atom. The van der Waals surface area contributed by atoms with Gasteiger partial charge in [-0.15, -0.1) is 0 Å². The molecule has 3 aromatic carbocycles. The third-order valence-corrected chi connectivity index (χ3v) is 5.48. The summed E-state index contributed by atoms with van der Waals surface area (Å²) in [7, 11) is 0. The largest absolute Gasteiger partial charge is 0.325 e. The lowest BCUT2D eigenvalue weighted by Crippen LogP contribution is -2.23. The van der Waals surface area contributed by atoms with Crippen LogP contribution in [-0.4, -0.2) is 21.1 Å². The van der Waals surface area contributed by atoms with Crippen LogP contribution in [0, 0.1) is 0 Å². The number of hydrogen-bond donors (Lipinski definition) is 2. The Kier molecular flexibility index (Phi) is 5.44. The summed E-state index contributed by atoms with van der Waals surface area (Å²) in [6.45, 7) is 1.79. The van der Waals surface area contributed by atoms with Crippen molar-refractivity contribution in [1.82, 2.24) is 9.97 Å². The molecule has 0 bridgehead atoms. The van der Waals surface area contributed by atoms with E-state index in [0.29, 0.717) is 10.9 Å². The van der Waals surface area contributed by atoms with E-state index in [0.717, 1.165) is 22.0 Å². The van der Waals surface area contributed by atoms with Crippen LogP contribution in [0.1, 0.15) is 6.92 Å². The molecule has 4 aromatic rings. The summed E-state index contributed by atoms with van der Waals surface area (Å²) in [5.41, 5.74) is 1.95. The summed E-state index contributed by atoms with van der Waals surface area (Å²) in [4.78, 5) is 32.0. The minimum atomic E-state index is -0.442. The molecule has 0 radical (unpaired) electrons. The van der Waals surface area contributed by atoms with Gasteiger partial charge in [0.25, 0.3) is 5.56 Å². The first-order chi connectivity index (χ1) is 14.1. The van der Waals surface area contributed by atoms with Gasteiger partial charge in [0, 0.05) is 22.7 Å². The highest BCUT2D eigenvalue weighted by Gasteiger charge is 2.17. The van der Waals surface area contributed by atoms with Gasteiger partial charge in [0.15, 0.2) is 5.16 Å². The number of aromatic nitrogens is 2. The van der Waals surface area contributed by atoms with Crippen molar-refractivity contribution in [2.24, 2.45) is 0 Å². The number of H-pyrrole nitrogens is 1. The van der Waals surface area contributed by atoms with Gasteiger partial charge in [-0.1, -0.05) is 78.5 Å². The van der Waals surface area contributed by atoms with Crippen molar-refractivity contribution in [2.75, 3.05) is 5.32 Å². The number of rotatable bonds is 5. The van der Waals surface area contributed by atoms with Crippen LogP contribution in [0.4, 0.5) is 5.69 Å². The molecule has 144 valence electrons. The lowest BCUT2D eigenvalue weighted by atomic mass is 10.1. The van der Waals surface area contributed by atoms with Crippen LogP contribution in [0.5, 0.6) is 0 Å². The Bertz CT molecular complexity index is 1220. The Hall–Kier alpha value is -3.38. The maximum absolute atomic E-state index is 12.7. The minimum absolute atomic E-state index is 0.154. The van der Waals surface area contributed by atoms with Crippen molar-refractivity contribution in [3.05, 3.63) is 89.2 Å². The molecule has 0 aliphatic heterocycles. The van der Waals surface area contributed by atoms with E-state index in [1.165, 1.54) is 17.8 Å². The van der Waals surface area contributed by atoms with Gasteiger partial charge in [-0.3, -0.25) is 9.59 Å². The van der Waals surface area contributed by atoms with Crippen molar-refractivity contribution in [3.63, 3.8) is 0 Å². The van der Waals surface area contributed by atoms with Gasteiger partial charge in [0.2, 0.25) is 5.91 Å². The molecule has 5 nitrogen and oxygen atoms in total. The van der Waals surface area contributed by atoms with E-state index in [1.807, 2.05) is 72.8 Å². The van der Waals surface area contributed by atoms with Gasteiger partial charge in [-0.2, -0.15) is 0 Å². The molecular weight excluding hydrogens is 382 g/mol. The Morgan fingerprint density at radius 1 is 1.00 bits per heavy atom. The van der Waals surface area contributed by atoms with Crippen molar-refractivity contribution >= 4 is 34.1 Å². The first-order valence-electron chi connectivity index (χ1n) is 9.22. The smallest absolute Gasteiger partial charge is 0.252 e. The summed E-state index contributed by atoms with van der Waals surface area (Å²) in [6.07, 6.45) is 0. The topological polar surface area (TPSA) is 74.8 Å². The highest BCUT2D eigenvalue weighted by Crippen LogP contribution is 2.26. The lowest BCUT2D eigenvalue weighted by molar-refractivity contribution is -0.115. The van der Waals surface area contributed by atoms with Crippen LogP contribution in [-0.2, 0) is 4.79 Å². The highest BCUT2D eigenvalue weighted by atomic mass is 32.2. The van der Waals surface area contributed by atoms with Crippen LogP contribution in [0.15, 0.2) is 88.8 Å². The van der Waals surface area contributed by atoms with Crippen LogP contribution in [0.25, 0.3) is 22.0 Å². The van der Waals surface area contributed by atoms with Crippen LogP contribution < -0.4 is 10.9 Å². The van der Waals surface area contributed by atoms with Gasteiger partial charge in [-0.05, 0) is 18.4 Å². The third kappa shape index (κ3) is 4.38. The van der Waals surface area contributed by atoms with Crippen molar-refractivity contribution in [1.29, 1.82) is 0 Å². The zero-order valence-electron chi connectivity index (χ0n) is 15.8. The first-order valence-corrected chi connectivity index (χ1v) is 10.1. The van der Waals surface area contributed by atoms with Gasteiger partial charge < -0.3 is 10.3 Å². The van der Waals surface area contributed by atoms with Crippen LogP contribution >= 0.6 is 11.8 Å². The molecular formula is C23H19N3O2S.